The number of carbonyl (C=O) groups is 3. The van der Waals surface area contributed by atoms with Gasteiger partial charge in [-0.2, -0.15) is 11.8 Å². The molecule has 2 aliphatic rings. The van der Waals surface area contributed by atoms with Crippen molar-refractivity contribution in [2.45, 2.75) is 191 Å². The van der Waals surface area contributed by atoms with E-state index in [1.807, 2.05) is 11.8 Å². The highest BCUT2D eigenvalue weighted by molar-refractivity contribution is 8.00. The Kier molecular flexibility index (Phi) is 24.9. The molecular weight excluding hydrogens is 595 g/mol. The lowest BCUT2D eigenvalue weighted by Crippen LogP contribution is -2.36. The number of amides is 3. The molecule has 0 aromatic heterocycles. The third-order valence-corrected chi connectivity index (χ3v) is 10.9. The fraction of sp³-hybridized carbons (Fsp3) is 0.868. The Labute approximate surface area is 286 Å². The number of hydrogen-bond donors (Lipinski definition) is 3. The molecule has 0 aromatic carbocycles. The molecule has 3 atom stereocenters. The van der Waals surface area contributed by atoms with Gasteiger partial charge in [-0.3, -0.25) is 9.59 Å². The summed E-state index contributed by atoms with van der Waals surface area (Å²) < 4.78 is 5.42. The van der Waals surface area contributed by atoms with Crippen LogP contribution in [0.3, 0.4) is 0 Å². The zero-order valence-corrected chi connectivity index (χ0v) is 30.3. The molecule has 0 aromatic rings. The van der Waals surface area contributed by atoms with E-state index in [-0.39, 0.29) is 30.0 Å². The first-order valence-electron chi connectivity index (χ1n) is 19.4. The molecule has 0 unspecified atom stereocenters. The van der Waals surface area contributed by atoms with E-state index in [9.17, 15) is 14.4 Å². The number of esters is 1. The van der Waals surface area contributed by atoms with Crippen molar-refractivity contribution in [3.05, 3.63) is 12.2 Å². The molecule has 2 heterocycles. The second kappa shape index (κ2) is 28.3. The number of urea groups is 1. The second-order valence-corrected chi connectivity index (χ2v) is 14.9. The second-order valence-electron chi connectivity index (χ2n) is 13.6. The molecule has 0 spiro atoms. The van der Waals surface area contributed by atoms with Crippen LogP contribution in [0.2, 0.25) is 0 Å². The molecule has 2 saturated heterocycles. The minimum absolute atomic E-state index is 0.0415. The molecule has 7 nitrogen and oxygen atoms in total. The molecule has 2 fully saturated rings. The van der Waals surface area contributed by atoms with Crippen molar-refractivity contribution in [2.75, 3.05) is 18.9 Å². The predicted octanol–water partition coefficient (Wildman–Crippen LogP) is 9.53. The maximum absolute atomic E-state index is 12.1. The summed E-state index contributed by atoms with van der Waals surface area (Å²) in [5, 5.41) is 9.55. The summed E-state index contributed by atoms with van der Waals surface area (Å²) in [5.41, 5.74) is 0. The van der Waals surface area contributed by atoms with Crippen LogP contribution in [-0.2, 0) is 14.3 Å². The number of rotatable bonds is 31. The SMILES string of the molecule is CCCCCCCC/C=C\CCCCCCCC(=O)NCCCCCCCCCCOC(=O)CCCC[C@@H]1SC[C@@H]2NC(=O)N[C@@H]21. The van der Waals surface area contributed by atoms with Crippen LogP contribution in [0.1, 0.15) is 174 Å². The van der Waals surface area contributed by atoms with Gasteiger partial charge in [0.05, 0.1) is 18.7 Å². The number of fused-ring (bicyclic) bond motifs is 1. The highest BCUT2D eigenvalue weighted by Gasteiger charge is 2.42. The third kappa shape index (κ3) is 21.2. The lowest BCUT2D eigenvalue weighted by atomic mass is 10.0. The minimum atomic E-state index is -0.0763. The molecular formula is C38H69N3O4S. The van der Waals surface area contributed by atoms with E-state index in [1.54, 1.807) is 0 Å². The molecule has 0 saturated carbocycles. The maximum Gasteiger partial charge on any atom is 0.315 e. The molecule has 266 valence electrons. The van der Waals surface area contributed by atoms with Gasteiger partial charge in [0.2, 0.25) is 5.91 Å². The number of nitrogens with one attached hydrogen (secondary N) is 3. The van der Waals surface area contributed by atoms with E-state index in [4.69, 9.17) is 4.74 Å². The van der Waals surface area contributed by atoms with Crippen molar-refractivity contribution in [2.24, 2.45) is 0 Å². The number of carbonyl (C=O) groups excluding carboxylic acids is 3. The Morgan fingerprint density at radius 1 is 0.739 bits per heavy atom. The molecule has 0 bridgehead atoms. The number of thioether (sulfide) groups is 1. The molecule has 2 rings (SSSR count). The topological polar surface area (TPSA) is 96.5 Å². The highest BCUT2D eigenvalue weighted by Crippen LogP contribution is 2.33. The first-order valence-corrected chi connectivity index (χ1v) is 20.4. The van der Waals surface area contributed by atoms with Gasteiger partial charge < -0.3 is 20.7 Å². The van der Waals surface area contributed by atoms with Crippen LogP contribution >= 0.6 is 11.8 Å². The average molecular weight is 664 g/mol. The summed E-state index contributed by atoms with van der Waals surface area (Å²) in [4.78, 5) is 35.6. The van der Waals surface area contributed by atoms with Crippen LogP contribution in [0.15, 0.2) is 12.2 Å². The smallest absolute Gasteiger partial charge is 0.315 e. The van der Waals surface area contributed by atoms with Gasteiger partial charge >= 0.3 is 12.0 Å². The summed E-state index contributed by atoms with van der Waals surface area (Å²) in [5.74, 6) is 1.12. The number of ether oxygens (including phenoxy) is 1. The molecule has 0 aliphatic carbocycles. The van der Waals surface area contributed by atoms with Crippen molar-refractivity contribution >= 4 is 29.7 Å². The first kappa shape index (κ1) is 40.5. The Bertz CT molecular complexity index is 824. The van der Waals surface area contributed by atoms with Crippen LogP contribution in [0.25, 0.3) is 0 Å². The molecule has 2 aliphatic heterocycles. The molecule has 3 amide bonds. The number of allylic oxidation sites excluding steroid dienone is 2. The van der Waals surface area contributed by atoms with Crippen LogP contribution in [0, 0.1) is 0 Å². The van der Waals surface area contributed by atoms with Gasteiger partial charge in [-0.25, -0.2) is 4.79 Å². The monoisotopic (exact) mass is 664 g/mol. The Morgan fingerprint density at radius 3 is 2.02 bits per heavy atom. The first-order chi connectivity index (χ1) is 22.6. The summed E-state index contributed by atoms with van der Waals surface area (Å²) in [6.07, 6.45) is 34.7. The van der Waals surface area contributed by atoms with Crippen LogP contribution in [0.5, 0.6) is 0 Å². The molecule has 46 heavy (non-hydrogen) atoms. The third-order valence-electron chi connectivity index (χ3n) is 9.38. The van der Waals surface area contributed by atoms with E-state index in [0.29, 0.717) is 24.7 Å². The van der Waals surface area contributed by atoms with Crippen LogP contribution in [-0.4, -0.2) is 54.1 Å². The summed E-state index contributed by atoms with van der Waals surface area (Å²) in [6.45, 7) is 3.62. The van der Waals surface area contributed by atoms with Gasteiger partial charge in [0.15, 0.2) is 0 Å². The van der Waals surface area contributed by atoms with Crippen molar-refractivity contribution in [3.8, 4) is 0 Å². The van der Waals surface area contributed by atoms with Crippen LogP contribution in [0.4, 0.5) is 4.79 Å². The van der Waals surface area contributed by atoms with E-state index >= 15 is 0 Å². The zero-order chi connectivity index (χ0) is 32.9. The summed E-state index contributed by atoms with van der Waals surface area (Å²) in [7, 11) is 0. The Hall–Kier alpha value is -1.70. The predicted molar refractivity (Wildman–Crippen MR) is 194 cm³/mol. The fourth-order valence-electron chi connectivity index (χ4n) is 6.48. The van der Waals surface area contributed by atoms with E-state index in [2.05, 4.69) is 35.0 Å². The van der Waals surface area contributed by atoms with E-state index in [0.717, 1.165) is 57.2 Å². The fourth-order valence-corrected chi connectivity index (χ4v) is 8.02. The van der Waals surface area contributed by atoms with Gasteiger partial charge in [-0.15, -0.1) is 0 Å². The van der Waals surface area contributed by atoms with E-state index < -0.39 is 0 Å². The number of unbranched alkanes of at least 4 members (excludes halogenated alkanes) is 19. The summed E-state index contributed by atoms with van der Waals surface area (Å²) in [6, 6.07) is 0.470. The maximum atomic E-state index is 12.1. The molecule has 0 radical (unpaired) electrons. The molecule has 8 heteroatoms. The highest BCUT2D eigenvalue weighted by atomic mass is 32.2. The lowest BCUT2D eigenvalue weighted by molar-refractivity contribution is -0.143. The largest absolute Gasteiger partial charge is 0.466 e. The number of hydrogen-bond acceptors (Lipinski definition) is 5. The lowest BCUT2D eigenvalue weighted by Gasteiger charge is -2.16. The normalized spacial score (nSPS) is 18.9. The van der Waals surface area contributed by atoms with Gasteiger partial charge in [-0.05, 0) is 57.8 Å². The van der Waals surface area contributed by atoms with Crippen molar-refractivity contribution < 1.29 is 19.1 Å². The molecule has 3 N–H and O–H groups in total. The average Bonchev–Trinajstić information content (AvgIpc) is 3.60. The van der Waals surface area contributed by atoms with E-state index in [1.165, 1.54) is 109 Å². The van der Waals surface area contributed by atoms with Gasteiger partial charge in [-0.1, -0.05) is 115 Å². The van der Waals surface area contributed by atoms with Crippen molar-refractivity contribution in [1.29, 1.82) is 0 Å². The van der Waals surface area contributed by atoms with Gasteiger partial charge in [0.1, 0.15) is 0 Å². The standard InChI is InChI=1S/C38H69N3O4S/c1-2-3-4-5-6-7-8-9-10-11-12-13-16-19-22-28-35(42)39-30-25-20-17-14-15-18-21-26-31-45-36(43)29-24-23-27-34-37-33(32-46-34)40-38(44)41-37/h9-10,33-34,37H,2-8,11-32H2,1H3,(H,39,42)(H2,40,41,44)/b10-9-/t33-,34-,37-/m0/s1. The van der Waals surface area contributed by atoms with Crippen molar-refractivity contribution in [3.63, 3.8) is 0 Å². The van der Waals surface area contributed by atoms with Crippen LogP contribution < -0.4 is 16.0 Å². The Morgan fingerprint density at radius 2 is 1.33 bits per heavy atom. The quantitative estimate of drug-likeness (QED) is 0.0297. The van der Waals surface area contributed by atoms with Crippen molar-refractivity contribution in [1.82, 2.24) is 16.0 Å². The zero-order valence-electron chi connectivity index (χ0n) is 29.4. The van der Waals surface area contributed by atoms with Gasteiger partial charge in [0, 0.05) is 30.4 Å². The summed E-state index contributed by atoms with van der Waals surface area (Å²) >= 11 is 1.92. The van der Waals surface area contributed by atoms with Gasteiger partial charge in [0.25, 0.3) is 0 Å². The Balaban J connectivity index is 1.22. The minimum Gasteiger partial charge on any atom is -0.466 e.